The molecule has 0 bridgehead atoms. The van der Waals surface area contributed by atoms with Gasteiger partial charge in [-0.1, -0.05) is 19.9 Å². The van der Waals surface area contributed by atoms with Gasteiger partial charge in [-0.15, -0.1) is 0 Å². The van der Waals surface area contributed by atoms with Crippen LogP contribution >= 0.6 is 0 Å². The summed E-state index contributed by atoms with van der Waals surface area (Å²) in [5.41, 5.74) is 9.09. The predicted octanol–water partition coefficient (Wildman–Crippen LogP) is 2.02. The van der Waals surface area contributed by atoms with Crippen LogP contribution in [0.15, 0.2) is 18.2 Å². The monoisotopic (exact) mass is 206 g/mol. The van der Waals surface area contributed by atoms with Gasteiger partial charge in [-0.3, -0.25) is 5.43 Å². The zero-order valence-electron chi connectivity index (χ0n) is 9.30. The third-order valence-corrected chi connectivity index (χ3v) is 3.42. The molecule has 0 radical (unpaired) electrons. The number of rotatable bonds is 2. The van der Waals surface area contributed by atoms with E-state index in [0.29, 0.717) is 5.75 Å². The molecule has 1 aromatic rings. The van der Waals surface area contributed by atoms with Crippen molar-refractivity contribution < 1.29 is 5.11 Å². The Hall–Kier alpha value is -1.06. The third-order valence-electron chi connectivity index (χ3n) is 3.42. The maximum absolute atomic E-state index is 9.46. The summed E-state index contributed by atoms with van der Waals surface area (Å²) in [4.78, 5) is 0. The quantitative estimate of drug-likeness (QED) is 0.693. The molecule has 0 saturated heterocycles. The fraction of sp³-hybridized carbons (Fsp3) is 0.500. The van der Waals surface area contributed by atoms with E-state index >= 15 is 0 Å². The Kier molecular flexibility index (Phi) is 2.67. The van der Waals surface area contributed by atoms with Gasteiger partial charge in [-0.2, -0.15) is 0 Å². The second-order valence-corrected chi connectivity index (χ2v) is 4.11. The van der Waals surface area contributed by atoms with Gasteiger partial charge >= 0.3 is 0 Å². The Morgan fingerprint density at radius 3 is 2.73 bits per heavy atom. The molecule has 0 aliphatic carbocycles. The molecule has 1 aliphatic heterocycles. The van der Waals surface area contributed by atoms with Crippen LogP contribution in [0.1, 0.15) is 37.8 Å². The lowest BCUT2D eigenvalue weighted by Crippen LogP contribution is -2.53. The molecule has 1 aliphatic rings. The van der Waals surface area contributed by atoms with Gasteiger partial charge in [-0.25, -0.2) is 5.43 Å². The third kappa shape index (κ3) is 1.62. The standard InChI is InChI=1S/C12H18N2O/c1-3-12(4-2)11-6-5-10(15)7-9(11)8-13-14-12/h5-7,13-15H,3-4,8H2,1-2H3. The first-order chi connectivity index (χ1) is 7.22. The lowest BCUT2D eigenvalue weighted by atomic mass is 9.81. The van der Waals surface area contributed by atoms with E-state index in [-0.39, 0.29) is 5.54 Å². The number of fused-ring (bicyclic) bond motifs is 1. The van der Waals surface area contributed by atoms with Gasteiger partial charge in [0.15, 0.2) is 0 Å². The molecule has 2 rings (SSSR count). The van der Waals surface area contributed by atoms with Gasteiger partial charge in [0.1, 0.15) is 5.75 Å². The molecule has 0 saturated carbocycles. The molecule has 0 amide bonds. The van der Waals surface area contributed by atoms with Crippen LogP contribution in [-0.4, -0.2) is 5.11 Å². The van der Waals surface area contributed by atoms with Crippen LogP contribution in [-0.2, 0) is 12.1 Å². The first kappa shape index (κ1) is 10.5. The zero-order valence-corrected chi connectivity index (χ0v) is 9.30. The minimum Gasteiger partial charge on any atom is -0.508 e. The van der Waals surface area contributed by atoms with Gasteiger partial charge in [0.2, 0.25) is 0 Å². The van der Waals surface area contributed by atoms with Crippen molar-refractivity contribution >= 4 is 0 Å². The lowest BCUT2D eigenvalue weighted by molar-refractivity contribution is 0.240. The van der Waals surface area contributed by atoms with Gasteiger partial charge in [0.25, 0.3) is 0 Å². The summed E-state index contributed by atoms with van der Waals surface area (Å²) in [6.07, 6.45) is 2.07. The molecule has 82 valence electrons. The summed E-state index contributed by atoms with van der Waals surface area (Å²) in [6.45, 7) is 5.13. The number of aromatic hydroxyl groups is 1. The van der Waals surface area contributed by atoms with Crippen LogP contribution in [0.5, 0.6) is 5.75 Å². The molecule has 3 nitrogen and oxygen atoms in total. The number of phenols is 1. The van der Waals surface area contributed by atoms with E-state index in [0.717, 1.165) is 19.4 Å². The Morgan fingerprint density at radius 1 is 1.33 bits per heavy atom. The summed E-state index contributed by atoms with van der Waals surface area (Å²) in [6, 6.07) is 5.65. The van der Waals surface area contributed by atoms with Crippen molar-refractivity contribution in [2.45, 2.75) is 38.8 Å². The van der Waals surface area contributed by atoms with Crippen LogP contribution in [0, 0.1) is 0 Å². The minimum absolute atomic E-state index is 0.0152. The van der Waals surface area contributed by atoms with Crippen molar-refractivity contribution in [3.63, 3.8) is 0 Å². The summed E-state index contributed by atoms with van der Waals surface area (Å²) in [7, 11) is 0. The molecular weight excluding hydrogens is 188 g/mol. The van der Waals surface area contributed by atoms with Crippen LogP contribution in [0.4, 0.5) is 0 Å². The molecule has 3 heteroatoms. The molecule has 0 fully saturated rings. The van der Waals surface area contributed by atoms with E-state index in [2.05, 4.69) is 24.7 Å². The molecule has 0 spiro atoms. The van der Waals surface area contributed by atoms with E-state index in [9.17, 15) is 5.11 Å². The molecule has 0 unspecified atom stereocenters. The molecule has 1 aromatic carbocycles. The summed E-state index contributed by atoms with van der Waals surface area (Å²) < 4.78 is 0. The largest absolute Gasteiger partial charge is 0.508 e. The Morgan fingerprint density at radius 2 is 2.07 bits per heavy atom. The van der Waals surface area contributed by atoms with Crippen molar-refractivity contribution in [2.24, 2.45) is 0 Å². The molecular formula is C12H18N2O. The number of hydrogen-bond donors (Lipinski definition) is 3. The normalized spacial score (nSPS) is 18.5. The van der Waals surface area contributed by atoms with Crippen molar-refractivity contribution in [1.82, 2.24) is 10.9 Å². The van der Waals surface area contributed by atoms with Gasteiger partial charge < -0.3 is 5.11 Å². The predicted molar refractivity (Wildman–Crippen MR) is 60.3 cm³/mol. The van der Waals surface area contributed by atoms with Crippen LogP contribution in [0.25, 0.3) is 0 Å². The van der Waals surface area contributed by atoms with Gasteiger partial charge in [-0.05, 0) is 36.1 Å². The second kappa shape index (κ2) is 3.83. The highest BCUT2D eigenvalue weighted by Crippen LogP contribution is 2.34. The maximum atomic E-state index is 9.46. The van der Waals surface area contributed by atoms with E-state index in [1.165, 1.54) is 11.1 Å². The summed E-state index contributed by atoms with van der Waals surface area (Å²) >= 11 is 0. The first-order valence-corrected chi connectivity index (χ1v) is 5.54. The van der Waals surface area contributed by atoms with Crippen LogP contribution in [0.2, 0.25) is 0 Å². The molecule has 15 heavy (non-hydrogen) atoms. The number of nitrogens with one attached hydrogen (secondary N) is 2. The van der Waals surface area contributed by atoms with Crippen LogP contribution < -0.4 is 10.9 Å². The van der Waals surface area contributed by atoms with Crippen molar-refractivity contribution in [3.8, 4) is 5.75 Å². The highest BCUT2D eigenvalue weighted by Gasteiger charge is 2.32. The number of hydrazine groups is 1. The SMILES string of the molecule is CCC1(CC)NNCc2cc(O)ccc21. The highest BCUT2D eigenvalue weighted by molar-refractivity contribution is 5.40. The van der Waals surface area contributed by atoms with E-state index < -0.39 is 0 Å². The van der Waals surface area contributed by atoms with Gasteiger partial charge in [0, 0.05) is 6.54 Å². The zero-order chi connectivity index (χ0) is 10.9. The number of phenolic OH excluding ortho intramolecular Hbond substituents is 1. The minimum atomic E-state index is 0.0152. The van der Waals surface area contributed by atoms with E-state index in [1.807, 2.05) is 12.1 Å². The number of benzene rings is 1. The molecule has 1 heterocycles. The summed E-state index contributed by atoms with van der Waals surface area (Å²) in [5, 5.41) is 9.46. The average molecular weight is 206 g/mol. The number of hydrogen-bond acceptors (Lipinski definition) is 3. The van der Waals surface area contributed by atoms with Crippen molar-refractivity contribution in [2.75, 3.05) is 0 Å². The Balaban J connectivity index is 2.50. The van der Waals surface area contributed by atoms with Crippen molar-refractivity contribution in [1.29, 1.82) is 0 Å². The molecule has 0 aromatic heterocycles. The summed E-state index contributed by atoms with van der Waals surface area (Å²) in [5.74, 6) is 0.346. The van der Waals surface area contributed by atoms with E-state index in [1.54, 1.807) is 6.07 Å². The fourth-order valence-electron chi connectivity index (χ4n) is 2.38. The molecule has 3 N–H and O–H groups in total. The topological polar surface area (TPSA) is 44.3 Å². The average Bonchev–Trinajstić information content (AvgIpc) is 2.27. The maximum Gasteiger partial charge on any atom is 0.115 e. The highest BCUT2D eigenvalue weighted by atomic mass is 16.3. The second-order valence-electron chi connectivity index (χ2n) is 4.11. The fourth-order valence-corrected chi connectivity index (χ4v) is 2.38. The van der Waals surface area contributed by atoms with Crippen molar-refractivity contribution in [3.05, 3.63) is 29.3 Å². The molecule has 0 atom stereocenters. The van der Waals surface area contributed by atoms with Crippen LogP contribution in [0.3, 0.4) is 0 Å². The first-order valence-electron chi connectivity index (χ1n) is 5.54. The Labute approximate surface area is 90.5 Å². The Bertz CT molecular complexity index is 359. The van der Waals surface area contributed by atoms with Gasteiger partial charge in [0.05, 0.1) is 5.54 Å². The smallest absolute Gasteiger partial charge is 0.115 e. The lowest BCUT2D eigenvalue weighted by Gasteiger charge is -2.39. The van der Waals surface area contributed by atoms with E-state index in [4.69, 9.17) is 0 Å².